The summed E-state index contributed by atoms with van der Waals surface area (Å²) in [5.74, 6) is 0.856. The molecule has 0 atom stereocenters. The molecule has 1 fully saturated rings. The van der Waals surface area contributed by atoms with Crippen LogP contribution in [0, 0.1) is 0 Å². The first-order chi connectivity index (χ1) is 12.6. The maximum Gasteiger partial charge on any atom is 0.257 e. The summed E-state index contributed by atoms with van der Waals surface area (Å²) in [7, 11) is 1.95. The maximum absolute atomic E-state index is 12.8. The number of rotatable bonds is 2. The lowest BCUT2D eigenvalue weighted by Gasteiger charge is -2.21. The van der Waals surface area contributed by atoms with Crippen LogP contribution in [0.15, 0.2) is 48.7 Å². The van der Waals surface area contributed by atoms with Crippen LogP contribution in [-0.4, -0.2) is 16.3 Å². The van der Waals surface area contributed by atoms with Gasteiger partial charge in [0, 0.05) is 48.7 Å². The van der Waals surface area contributed by atoms with Gasteiger partial charge in [-0.25, -0.2) is 0 Å². The molecule has 3 aromatic rings. The van der Waals surface area contributed by atoms with E-state index in [2.05, 4.69) is 5.32 Å². The first kappa shape index (κ1) is 15.3. The fourth-order valence-corrected chi connectivity index (χ4v) is 4.01. The van der Waals surface area contributed by atoms with Crippen LogP contribution in [0.5, 0.6) is 11.5 Å². The Morgan fingerprint density at radius 2 is 1.85 bits per heavy atom. The van der Waals surface area contributed by atoms with Crippen molar-refractivity contribution in [2.45, 2.75) is 31.5 Å². The summed E-state index contributed by atoms with van der Waals surface area (Å²) in [6.07, 6.45) is 5.94. The molecular weight excluding hydrogens is 328 g/mol. The summed E-state index contributed by atoms with van der Waals surface area (Å²) >= 11 is 0. The number of carbonyl (C=O) groups excluding carboxylic acids is 1. The van der Waals surface area contributed by atoms with Gasteiger partial charge >= 0.3 is 0 Å². The number of benzene rings is 2. The number of aromatic nitrogens is 1. The Labute approximate surface area is 151 Å². The SMILES string of the molecule is Cn1cc(C(=O)Nc2ccc3c(c2)OC2(CCCC2)O3)c2ccccc21. The Morgan fingerprint density at radius 3 is 2.69 bits per heavy atom. The van der Waals surface area contributed by atoms with Gasteiger partial charge in [0.2, 0.25) is 0 Å². The summed E-state index contributed by atoms with van der Waals surface area (Å²) in [6, 6.07) is 13.5. The van der Waals surface area contributed by atoms with Crippen LogP contribution in [-0.2, 0) is 7.05 Å². The zero-order valence-electron chi connectivity index (χ0n) is 14.6. The van der Waals surface area contributed by atoms with E-state index in [1.54, 1.807) is 0 Å². The number of nitrogens with zero attached hydrogens (tertiary/aromatic N) is 1. The zero-order valence-corrected chi connectivity index (χ0v) is 14.6. The molecule has 0 saturated heterocycles. The fraction of sp³-hybridized carbons (Fsp3) is 0.286. The van der Waals surface area contributed by atoms with Crippen LogP contribution in [0.3, 0.4) is 0 Å². The van der Waals surface area contributed by atoms with Crippen molar-refractivity contribution in [1.82, 2.24) is 4.57 Å². The van der Waals surface area contributed by atoms with E-state index < -0.39 is 5.79 Å². The maximum atomic E-state index is 12.8. The van der Waals surface area contributed by atoms with Gasteiger partial charge in [-0.3, -0.25) is 4.79 Å². The van der Waals surface area contributed by atoms with Crippen LogP contribution < -0.4 is 14.8 Å². The number of nitrogens with one attached hydrogen (secondary N) is 1. The molecule has 5 rings (SSSR count). The molecule has 1 aliphatic heterocycles. The van der Waals surface area contributed by atoms with Crippen molar-refractivity contribution in [2.75, 3.05) is 5.32 Å². The zero-order chi connectivity index (χ0) is 17.7. The highest BCUT2D eigenvalue weighted by molar-refractivity contribution is 6.13. The topological polar surface area (TPSA) is 52.5 Å². The van der Waals surface area contributed by atoms with Crippen molar-refractivity contribution in [1.29, 1.82) is 0 Å². The first-order valence-corrected chi connectivity index (χ1v) is 9.01. The number of anilines is 1. The summed E-state index contributed by atoms with van der Waals surface area (Å²) in [5.41, 5.74) is 2.40. The van der Waals surface area contributed by atoms with Crippen LogP contribution in [0.25, 0.3) is 10.9 Å². The van der Waals surface area contributed by atoms with Gasteiger partial charge in [-0.15, -0.1) is 0 Å². The summed E-state index contributed by atoms with van der Waals surface area (Å²) in [6.45, 7) is 0. The summed E-state index contributed by atoms with van der Waals surface area (Å²) in [4.78, 5) is 12.8. The van der Waals surface area contributed by atoms with Gasteiger partial charge in [-0.2, -0.15) is 0 Å². The Balaban J connectivity index is 1.41. The predicted molar refractivity (Wildman–Crippen MR) is 99.8 cm³/mol. The first-order valence-electron chi connectivity index (χ1n) is 9.01. The number of carbonyl (C=O) groups is 1. The molecule has 0 radical (unpaired) electrons. The number of aryl methyl sites for hydroxylation is 1. The normalized spacial score (nSPS) is 17.1. The van der Waals surface area contributed by atoms with Crippen molar-refractivity contribution in [2.24, 2.45) is 7.05 Å². The minimum absolute atomic E-state index is 0.128. The van der Waals surface area contributed by atoms with E-state index in [9.17, 15) is 4.79 Å². The molecule has 5 nitrogen and oxygen atoms in total. The summed E-state index contributed by atoms with van der Waals surface area (Å²) in [5, 5.41) is 3.93. The van der Waals surface area contributed by atoms with Crippen molar-refractivity contribution in [3.63, 3.8) is 0 Å². The third-order valence-electron chi connectivity index (χ3n) is 5.30. The average Bonchev–Trinajstić information content (AvgIpc) is 3.33. The molecule has 1 saturated carbocycles. The second-order valence-corrected chi connectivity index (χ2v) is 7.11. The molecule has 2 heterocycles. The average molecular weight is 348 g/mol. The van der Waals surface area contributed by atoms with Crippen LogP contribution in [0.1, 0.15) is 36.0 Å². The van der Waals surface area contributed by atoms with E-state index in [0.29, 0.717) is 17.0 Å². The number of hydrogen-bond acceptors (Lipinski definition) is 3. The van der Waals surface area contributed by atoms with Crippen molar-refractivity contribution >= 4 is 22.5 Å². The summed E-state index contributed by atoms with van der Waals surface area (Å²) < 4.78 is 14.1. The van der Waals surface area contributed by atoms with Gasteiger partial charge in [0.15, 0.2) is 11.5 Å². The number of fused-ring (bicyclic) bond motifs is 2. The highest BCUT2D eigenvalue weighted by Gasteiger charge is 2.44. The lowest BCUT2D eigenvalue weighted by atomic mass is 10.1. The minimum atomic E-state index is -0.486. The lowest BCUT2D eigenvalue weighted by molar-refractivity contribution is -0.0716. The largest absolute Gasteiger partial charge is 0.448 e. The van der Waals surface area contributed by atoms with E-state index in [-0.39, 0.29) is 5.91 Å². The minimum Gasteiger partial charge on any atom is -0.448 e. The van der Waals surface area contributed by atoms with Gasteiger partial charge < -0.3 is 19.4 Å². The second kappa shape index (κ2) is 5.53. The molecule has 26 heavy (non-hydrogen) atoms. The molecule has 1 spiro atoms. The Bertz CT molecular complexity index is 1020. The van der Waals surface area contributed by atoms with Crippen molar-refractivity contribution in [3.05, 3.63) is 54.2 Å². The molecule has 0 bridgehead atoms. The molecule has 1 aromatic heterocycles. The van der Waals surface area contributed by atoms with Crippen LogP contribution in [0.4, 0.5) is 5.69 Å². The van der Waals surface area contributed by atoms with Crippen molar-refractivity contribution in [3.8, 4) is 11.5 Å². The lowest BCUT2D eigenvalue weighted by Crippen LogP contribution is -2.34. The van der Waals surface area contributed by atoms with Gasteiger partial charge in [0.1, 0.15) is 0 Å². The number of hydrogen-bond donors (Lipinski definition) is 1. The fourth-order valence-electron chi connectivity index (χ4n) is 4.01. The molecule has 1 amide bonds. The molecule has 0 unspecified atom stereocenters. The molecule has 1 N–H and O–H groups in total. The quantitative estimate of drug-likeness (QED) is 0.743. The highest BCUT2D eigenvalue weighted by atomic mass is 16.7. The molecule has 2 aliphatic rings. The van der Waals surface area contributed by atoms with E-state index in [0.717, 1.165) is 42.3 Å². The van der Waals surface area contributed by atoms with Gasteiger partial charge in [-0.1, -0.05) is 18.2 Å². The van der Waals surface area contributed by atoms with Gasteiger partial charge in [-0.05, 0) is 31.0 Å². The Kier molecular flexibility index (Phi) is 3.26. The van der Waals surface area contributed by atoms with Gasteiger partial charge in [0.05, 0.1) is 5.56 Å². The molecule has 1 aliphatic carbocycles. The third-order valence-corrected chi connectivity index (χ3v) is 5.30. The van der Waals surface area contributed by atoms with Crippen molar-refractivity contribution < 1.29 is 14.3 Å². The monoisotopic (exact) mass is 348 g/mol. The standard InChI is InChI=1S/C21H20N2O3/c1-23-13-16(15-6-2-3-7-17(15)23)20(24)22-14-8-9-18-19(12-14)26-21(25-18)10-4-5-11-21/h2-3,6-9,12-13H,4-5,10-11H2,1H3,(H,22,24). The highest BCUT2D eigenvalue weighted by Crippen LogP contribution is 2.47. The van der Waals surface area contributed by atoms with E-state index in [1.807, 2.05) is 60.3 Å². The van der Waals surface area contributed by atoms with Gasteiger partial charge in [0.25, 0.3) is 11.7 Å². The third kappa shape index (κ3) is 2.35. The Hall–Kier alpha value is -2.95. The second-order valence-electron chi connectivity index (χ2n) is 7.11. The molecular formula is C21H20N2O3. The van der Waals surface area contributed by atoms with Crippen LogP contribution in [0.2, 0.25) is 0 Å². The number of para-hydroxylation sites is 1. The Morgan fingerprint density at radius 1 is 1.08 bits per heavy atom. The molecule has 2 aromatic carbocycles. The molecule has 5 heteroatoms. The van der Waals surface area contributed by atoms with E-state index >= 15 is 0 Å². The predicted octanol–water partition coefficient (Wildman–Crippen LogP) is 4.47. The smallest absolute Gasteiger partial charge is 0.257 e. The van der Waals surface area contributed by atoms with E-state index in [4.69, 9.17) is 9.47 Å². The number of ether oxygens (including phenoxy) is 2. The molecule has 132 valence electrons. The van der Waals surface area contributed by atoms with E-state index in [1.165, 1.54) is 0 Å². The number of amides is 1. The van der Waals surface area contributed by atoms with Crippen LogP contribution >= 0.6 is 0 Å².